The van der Waals surface area contributed by atoms with E-state index in [9.17, 15) is 0 Å². The fraction of sp³-hybridized carbons (Fsp3) is 0.263. The molecular formula is C19H25N. The van der Waals surface area contributed by atoms with Crippen molar-refractivity contribution in [2.75, 3.05) is 12.4 Å². The van der Waals surface area contributed by atoms with Gasteiger partial charge < -0.3 is 5.32 Å². The molecule has 1 nitrogen and oxygen atoms in total. The topological polar surface area (TPSA) is 12.0 Å². The second kappa shape index (κ2) is 8.98. The van der Waals surface area contributed by atoms with Gasteiger partial charge in [0, 0.05) is 12.7 Å². The molecule has 0 saturated carbocycles. The second-order valence-corrected chi connectivity index (χ2v) is 4.30. The number of nitrogens with one attached hydrogen (secondary N) is 1. The van der Waals surface area contributed by atoms with Gasteiger partial charge in [-0.1, -0.05) is 69.3 Å². The van der Waals surface area contributed by atoms with Gasteiger partial charge in [0.15, 0.2) is 0 Å². The third-order valence-corrected chi connectivity index (χ3v) is 3.06. The van der Waals surface area contributed by atoms with Crippen LogP contribution in [-0.4, -0.2) is 7.05 Å². The molecule has 2 aromatic carbocycles. The molecule has 0 amide bonds. The van der Waals surface area contributed by atoms with Gasteiger partial charge in [-0.15, -0.1) is 0 Å². The van der Waals surface area contributed by atoms with Crippen molar-refractivity contribution in [3.63, 3.8) is 0 Å². The van der Waals surface area contributed by atoms with Crippen LogP contribution in [0, 0.1) is 0 Å². The molecule has 0 aliphatic carbocycles. The minimum atomic E-state index is 1.09. The Bertz CT molecular complexity index is 457. The molecule has 1 heteroatoms. The average Bonchev–Trinajstić information content (AvgIpc) is 2.55. The largest absolute Gasteiger partial charge is 0.388 e. The van der Waals surface area contributed by atoms with Crippen LogP contribution in [0.3, 0.4) is 0 Å². The monoisotopic (exact) mass is 267 g/mol. The molecule has 0 radical (unpaired) electrons. The fourth-order valence-corrected chi connectivity index (χ4v) is 1.82. The molecule has 0 atom stereocenters. The summed E-state index contributed by atoms with van der Waals surface area (Å²) in [6.45, 7) is 6.17. The van der Waals surface area contributed by atoms with Gasteiger partial charge in [0.2, 0.25) is 0 Å². The number of hydrogen-bond donors (Lipinski definition) is 1. The molecule has 0 bridgehead atoms. The van der Waals surface area contributed by atoms with Crippen molar-refractivity contribution in [2.24, 2.45) is 0 Å². The standard InChI is InChI=1S/C17H19N.C2H6/c1-3-14-4-6-15(7-5-14)8-9-16-10-12-17(18-2)13-11-16;1-2/h4-13,18H,3H2,1-2H3;1-2H3/b9-8+;. The lowest BCUT2D eigenvalue weighted by Crippen LogP contribution is -1.86. The summed E-state index contributed by atoms with van der Waals surface area (Å²) in [6.07, 6.45) is 5.38. The van der Waals surface area contributed by atoms with E-state index in [1.54, 1.807) is 0 Å². The highest BCUT2D eigenvalue weighted by molar-refractivity contribution is 5.70. The van der Waals surface area contributed by atoms with Crippen LogP contribution < -0.4 is 5.32 Å². The molecule has 0 unspecified atom stereocenters. The van der Waals surface area contributed by atoms with Gasteiger partial charge in [-0.05, 0) is 35.2 Å². The number of aryl methyl sites for hydroxylation is 1. The summed E-state index contributed by atoms with van der Waals surface area (Å²) in [4.78, 5) is 0. The third kappa shape index (κ3) is 4.93. The summed E-state index contributed by atoms with van der Waals surface area (Å²) in [7, 11) is 1.93. The Kier molecular flexibility index (Phi) is 7.20. The van der Waals surface area contributed by atoms with Gasteiger partial charge in [0.05, 0.1) is 0 Å². The van der Waals surface area contributed by atoms with Gasteiger partial charge in [-0.3, -0.25) is 0 Å². The van der Waals surface area contributed by atoms with Gasteiger partial charge >= 0.3 is 0 Å². The Morgan fingerprint density at radius 1 is 0.800 bits per heavy atom. The molecule has 0 aromatic heterocycles. The van der Waals surface area contributed by atoms with Crippen molar-refractivity contribution in [2.45, 2.75) is 27.2 Å². The Labute approximate surface area is 123 Å². The Morgan fingerprint density at radius 3 is 1.65 bits per heavy atom. The SMILES string of the molecule is CC.CCc1ccc(/C=C/c2ccc(NC)cc2)cc1. The second-order valence-electron chi connectivity index (χ2n) is 4.30. The smallest absolute Gasteiger partial charge is 0.0337 e. The maximum Gasteiger partial charge on any atom is 0.0337 e. The highest BCUT2D eigenvalue weighted by Crippen LogP contribution is 2.13. The molecule has 106 valence electrons. The van der Waals surface area contributed by atoms with Crippen molar-refractivity contribution in [1.29, 1.82) is 0 Å². The van der Waals surface area contributed by atoms with Crippen LogP contribution in [0.15, 0.2) is 48.5 Å². The van der Waals surface area contributed by atoms with Gasteiger partial charge in [0.1, 0.15) is 0 Å². The fourth-order valence-electron chi connectivity index (χ4n) is 1.82. The van der Waals surface area contributed by atoms with E-state index in [1.807, 2.05) is 20.9 Å². The Morgan fingerprint density at radius 2 is 1.25 bits per heavy atom. The zero-order valence-electron chi connectivity index (χ0n) is 13.0. The molecule has 1 N–H and O–H groups in total. The van der Waals surface area contributed by atoms with E-state index in [0.29, 0.717) is 0 Å². The molecular weight excluding hydrogens is 242 g/mol. The molecule has 0 heterocycles. The first-order valence-electron chi connectivity index (χ1n) is 7.36. The van der Waals surface area contributed by atoms with Crippen molar-refractivity contribution < 1.29 is 0 Å². The highest BCUT2D eigenvalue weighted by atomic mass is 14.8. The van der Waals surface area contributed by atoms with E-state index in [0.717, 1.165) is 12.1 Å². The lowest BCUT2D eigenvalue weighted by Gasteiger charge is -2.00. The number of rotatable bonds is 4. The normalized spacial score (nSPS) is 10.0. The van der Waals surface area contributed by atoms with E-state index in [4.69, 9.17) is 0 Å². The van der Waals surface area contributed by atoms with Crippen molar-refractivity contribution >= 4 is 17.8 Å². The quantitative estimate of drug-likeness (QED) is 0.722. The number of benzene rings is 2. The number of hydrogen-bond acceptors (Lipinski definition) is 1. The van der Waals surface area contributed by atoms with Gasteiger partial charge in [-0.25, -0.2) is 0 Å². The Hall–Kier alpha value is -2.02. The third-order valence-electron chi connectivity index (χ3n) is 3.06. The predicted octanol–water partition coefficient (Wildman–Crippen LogP) is 5.49. The minimum absolute atomic E-state index is 1.09. The molecule has 0 spiro atoms. The molecule has 20 heavy (non-hydrogen) atoms. The van der Waals surface area contributed by atoms with Crippen LogP contribution >= 0.6 is 0 Å². The van der Waals surface area contributed by atoms with Crippen molar-refractivity contribution in [3.8, 4) is 0 Å². The van der Waals surface area contributed by atoms with E-state index >= 15 is 0 Å². The molecule has 0 aliphatic rings. The first-order chi connectivity index (χ1) is 9.81. The van der Waals surface area contributed by atoms with Crippen molar-refractivity contribution in [1.82, 2.24) is 0 Å². The lowest BCUT2D eigenvalue weighted by molar-refractivity contribution is 1.14. The zero-order chi connectivity index (χ0) is 14.8. The number of anilines is 1. The summed E-state index contributed by atoms with van der Waals surface area (Å²) in [5, 5.41) is 3.12. The van der Waals surface area contributed by atoms with Crippen LogP contribution in [0.25, 0.3) is 12.2 Å². The average molecular weight is 267 g/mol. The predicted molar refractivity (Wildman–Crippen MR) is 92.1 cm³/mol. The van der Waals surface area contributed by atoms with Gasteiger partial charge in [-0.2, -0.15) is 0 Å². The van der Waals surface area contributed by atoms with E-state index in [-0.39, 0.29) is 0 Å². The highest BCUT2D eigenvalue weighted by Gasteiger charge is 1.91. The molecule has 0 fully saturated rings. The van der Waals surface area contributed by atoms with Crippen LogP contribution in [0.4, 0.5) is 5.69 Å². The summed E-state index contributed by atoms with van der Waals surface area (Å²) in [5.41, 5.74) is 4.98. The minimum Gasteiger partial charge on any atom is -0.388 e. The molecule has 0 aliphatic heterocycles. The van der Waals surface area contributed by atoms with Crippen LogP contribution in [0.2, 0.25) is 0 Å². The van der Waals surface area contributed by atoms with Crippen LogP contribution in [0.1, 0.15) is 37.5 Å². The maximum atomic E-state index is 3.12. The molecule has 2 aromatic rings. The maximum absolute atomic E-state index is 3.12. The first-order valence-corrected chi connectivity index (χ1v) is 7.36. The lowest BCUT2D eigenvalue weighted by atomic mass is 10.1. The molecule has 2 rings (SSSR count). The van der Waals surface area contributed by atoms with Gasteiger partial charge in [0.25, 0.3) is 0 Å². The summed E-state index contributed by atoms with van der Waals surface area (Å²) < 4.78 is 0. The van der Waals surface area contributed by atoms with Crippen LogP contribution in [0.5, 0.6) is 0 Å². The zero-order valence-corrected chi connectivity index (χ0v) is 13.0. The summed E-state index contributed by atoms with van der Waals surface area (Å²) >= 11 is 0. The van der Waals surface area contributed by atoms with E-state index in [2.05, 4.69) is 72.9 Å². The van der Waals surface area contributed by atoms with Crippen molar-refractivity contribution in [3.05, 3.63) is 65.2 Å². The first kappa shape index (κ1) is 16.0. The summed E-state index contributed by atoms with van der Waals surface area (Å²) in [6, 6.07) is 17.1. The van der Waals surface area contributed by atoms with E-state index < -0.39 is 0 Å². The van der Waals surface area contributed by atoms with Crippen LogP contribution in [-0.2, 0) is 6.42 Å². The van der Waals surface area contributed by atoms with E-state index in [1.165, 1.54) is 16.7 Å². The Balaban J connectivity index is 0.000000956. The summed E-state index contributed by atoms with van der Waals surface area (Å²) in [5.74, 6) is 0. The molecule has 0 saturated heterocycles.